The molecule has 0 radical (unpaired) electrons. The second kappa shape index (κ2) is 14.7. The van der Waals surface area contributed by atoms with E-state index in [4.69, 9.17) is 23.7 Å². The SMILES string of the molecule is CN(CCOCCOCCOCCNC(=O)OCC1c2ccccc2-c2ccccc21)C(=O)OC(C)(C)C. The Hall–Kier alpha value is -3.14. The van der Waals surface area contributed by atoms with Gasteiger partial charge in [0.2, 0.25) is 0 Å². The van der Waals surface area contributed by atoms with Crippen molar-refractivity contribution < 1.29 is 33.3 Å². The average Bonchev–Trinajstić information content (AvgIpc) is 3.20. The Bertz CT molecular complexity index is 992. The molecule has 9 nitrogen and oxygen atoms in total. The van der Waals surface area contributed by atoms with E-state index in [9.17, 15) is 9.59 Å². The predicted molar refractivity (Wildman–Crippen MR) is 144 cm³/mol. The lowest BCUT2D eigenvalue weighted by Crippen LogP contribution is -2.36. The van der Waals surface area contributed by atoms with E-state index in [1.165, 1.54) is 27.2 Å². The molecule has 0 saturated carbocycles. The maximum atomic E-state index is 12.2. The van der Waals surface area contributed by atoms with Crippen molar-refractivity contribution in [3.63, 3.8) is 0 Å². The largest absolute Gasteiger partial charge is 0.449 e. The van der Waals surface area contributed by atoms with E-state index in [0.29, 0.717) is 52.7 Å². The summed E-state index contributed by atoms with van der Waals surface area (Å²) in [5, 5.41) is 2.73. The van der Waals surface area contributed by atoms with Crippen LogP contribution in [0.1, 0.15) is 37.8 Å². The fourth-order valence-electron chi connectivity index (χ4n) is 4.05. The lowest BCUT2D eigenvalue weighted by atomic mass is 9.98. The molecule has 0 saturated heterocycles. The van der Waals surface area contributed by atoms with Crippen molar-refractivity contribution in [3.05, 3.63) is 59.7 Å². The number of nitrogens with zero attached hydrogens (tertiary/aromatic N) is 1. The highest BCUT2D eigenvalue weighted by Gasteiger charge is 2.29. The van der Waals surface area contributed by atoms with E-state index >= 15 is 0 Å². The van der Waals surface area contributed by atoms with Gasteiger partial charge in [0, 0.05) is 26.1 Å². The summed E-state index contributed by atoms with van der Waals surface area (Å²) < 4.78 is 27.2. The molecule has 3 rings (SSSR count). The molecule has 0 bridgehead atoms. The fourth-order valence-corrected chi connectivity index (χ4v) is 4.05. The third-order valence-corrected chi connectivity index (χ3v) is 5.88. The number of carbonyl (C=O) groups is 2. The minimum atomic E-state index is -0.516. The Morgan fingerprint density at radius 3 is 1.92 bits per heavy atom. The van der Waals surface area contributed by atoms with Gasteiger partial charge < -0.3 is 33.9 Å². The van der Waals surface area contributed by atoms with Crippen LogP contribution in [0.25, 0.3) is 11.1 Å². The summed E-state index contributed by atoms with van der Waals surface area (Å²) in [5.74, 6) is 0.0383. The fraction of sp³-hybridized carbons (Fsp3) is 0.517. The van der Waals surface area contributed by atoms with Gasteiger partial charge in [-0.2, -0.15) is 0 Å². The molecular formula is C29H40N2O7. The van der Waals surface area contributed by atoms with E-state index in [0.717, 1.165) is 0 Å². The van der Waals surface area contributed by atoms with Gasteiger partial charge in [0.05, 0.1) is 39.6 Å². The first kappa shape index (κ1) is 29.4. The van der Waals surface area contributed by atoms with Crippen molar-refractivity contribution in [3.8, 4) is 11.1 Å². The number of hydrogen-bond acceptors (Lipinski definition) is 7. The zero-order valence-corrected chi connectivity index (χ0v) is 22.9. The standard InChI is InChI=1S/C29H40N2O7/c1-29(2,3)38-28(33)31(4)14-16-35-18-20-36-19-17-34-15-13-30-27(32)37-21-26-24-11-7-5-9-22(24)23-10-6-8-12-25(23)26/h5-12,26H,13-21H2,1-4H3,(H,30,32). The molecular weight excluding hydrogens is 488 g/mol. The lowest BCUT2D eigenvalue weighted by Gasteiger charge is -2.24. The predicted octanol–water partition coefficient (Wildman–Crippen LogP) is 4.44. The van der Waals surface area contributed by atoms with Crippen LogP contribution in [0, 0.1) is 0 Å². The second-order valence-electron chi connectivity index (χ2n) is 9.99. The molecule has 0 aliphatic heterocycles. The topological polar surface area (TPSA) is 95.6 Å². The van der Waals surface area contributed by atoms with Crippen LogP contribution in [0.3, 0.4) is 0 Å². The molecule has 0 fully saturated rings. The van der Waals surface area contributed by atoms with Crippen molar-refractivity contribution in [2.45, 2.75) is 32.3 Å². The molecule has 2 aromatic rings. The molecule has 0 unspecified atom stereocenters. The summed E-state index contributed by atoms with van der Waals surface area (Å²) in [4.78, 5) is 25.5. The maximum Gasteiger partial charge on any atom is 0.410 e. The summed E-state index contributed by atoms with van der Waals surface area (Å²) >= 11 is 0. The number of rotatable bonds is 14. The summed E-state index contributed by atoms with van der Waals surface area (Å²) in [5.41, 5.74) is 4.25. The van der Waals surface area contributed by atoms with Crippen LogP contribution >= 0.6 is 0 Å². The minimum absolute atomic E-state index is 0.0383. The van der Waals surface area contributed by atoms with Gasteiger partial charge in [0.25, 0.3) is 0 Å². The van der Waals surface area contributed by atoms with Gasteiger partial charge in [-0.15, -0.1) is 0 Å². The third-order valence-electron chi connectivity index (χ3n) is 5.88. The zero-order chi connectivity index (χ0) is 27.4. The van der Waals surface area contributed by atoms with Gasteiger partial charge in [0.15, 0.2) is 0 Å². The number of carbonyl (C=O) groups excluding carboxylic acids is 2. The maximum absolute atomic E-state index is 12.2. The van der Waals surface area contributed by atoms with E-state index < -0.39 is 11.7 Å². The normalized spacial score (nSPS) is 12.5. The summed E-state index contributed by atoms with van der Waals surface area (Å²) in [6.45, 7) is 9.01. The van der Waals surface area contributed by atoms with Crippen LogP contribution < -0.4 is 5.32 Å². The molecule has 208 valence electrons. The van der Waals surface area contributed by atoms with Crippen LogP contribution in [0.4, 0.5) is 9.59 Å². The number of benzene rings is 2. The number of likely N-dealkylation sites (N-methyl/N-ethyl adjacent to an activating group) is 1. The molecule has 0 heterocycles. The van der Waals surface area contributed by atoms with Crippen molar-refractivity contribution >= 4 is 12.2 Å². The van der Waals surface area contributed by atoms with Gasteiger partial charge in [0.1, 0.15) is 12.2 Å². The smallest absolute Gasteiger partial charge is 0.410 e. The zero-order valence-electron chi connectivity index (χ0n) is 22.9. The van der Waals surface area contributed by atoms with E-state index in [-0.39, 0.29) is 18.6 Å². The number of ether oxygens (including phenoxy) is 5. The molecule has 1 aliphatic rings. The van der Waals surface area contributed by atoms with Gasteiger partial charge in [-0.1, -0.05) is 48.5 Å². The minimum Gasteiger partial charge on any atom is -0.449 e. The van der Waals surface area contributed by atoms with E-state index in [2.05, 4.69) is 29.6 Å². The molecule has 1 N–H and O–H groups in total. The van der Waals surface area contributed by atoms with E-state index in [1.807, 2.05) is 45.0 Å². The Balaban J connectivity index is 1.17. The van der Waals surface area contributed by atoms with Crippen LogP contribution in [0.5, 0.6) is 0 Å². The van der Waals surface area contributed by atoms with E-state index in [1.54, 1.807) is 7.05 Å². The highest BCUT2D eigenvalue weighted by molar-refractivity contribution is 5.79. The number of alkyl carbamates (subject to hydrolysis) is 1. The molecule has 0 spiro atoms. The molecule has 9 heteroatoms. The molecule has 0 aromatic heterocycles. The summed E-state index contributed by atoms with van der Waals surface area (Å²) in [6, 6.07) is 16.5. The number of hydrogen-bond donors (Lipinski definition) is 1. The third kappa shape index (κ3) is 9.31. The molecule has 2 aromatic carbocycles. The van der Waals surface area contributed by atoms with Crippen molar-refractivity contribution in [2.24, 2.45) is 0 Å². The Morgan fingerprint density at radius 1 is 0.816 bits per heavy atom. The Labute approximate surface area is 225 Å². The van der Waals surface area contributed by atoms with Crippen molar-refractivity contribution in [1.82, 2.24) is 10.2 Å². The lowest BCUT2D eigenvalue weighted by molar-refractivity contribution is 0.00513. The van der Waals surface area contributed by atoms with Crippen LogP contribution in [0.2, 0.25) is 0 Å². The highest BCUT2D eigenvalue weighted by Crippen LogP contribution is 2.44. The van der Waals surface area contributed by atoms with Gasteiger partial charge >= 0.3 is 12.2 Å². The number of nitrogens with one attached hydrogen (secondary N) is 1. The molecule has 2 amide bonds. The number of fused-ring (bicyclic) bond motifs is 3. The molecule has 38 heavy (non-hydrogen) atoms. The molecule has 0 atom stereocenters. The average molecular weight is 529 g/mol. The van der Waals surface area contributed by atoms with Crippen LogP contribution in [-0.2, 0) is 23.7 Å². The number of amides is 2. The van der Waals surface area contributed by atoms with Gasteiger partial charge in [-0.3, -0.25) is 0 Å². The van der Waals surface area contributed by atoms with Crippen LogP contribution in [-0.4, -0.2) is 89.1 Å². The first-order chi connectivity index (χ1) is 18.3. The quantitative estimate of drug-likeness (QED) is 0.362. The first-order valence-corrected chi connectivity index (χ1v) is 13.0. The summed E-state index contributed by atoms with van der Waals surface area (Å²) in [7, 11) is 1.67. The second-order valence-corrected chi connectivity index (χ2v) is 9.99. The Morgan fingerprint density at radius 2 is 1.34 bits per heavy atom. The monoisotopic (exact) mass is 528 g/mol. The van der Waals surface area contributed by atoms with Crippen molar-refractivity contribution in [1.29, 1.82) is 0 Å². The molecule has 1 aliphatic carbocycles. The van der Waals surface area contributed by atoms with Crippen molar-refractivity contribution in [2.75, 3.05) is 66.4 Å². The van der Waals surface area contributed by atoms with Gasteiger partial charge in [-0.05, 0) is 43.0 Å². The summed E-state index contributed by atoms with van der Waals surface area (Å²) in [6.07, 6.45) is -0.830. The van der Waals surface area contributed by atoms with Gasteiger partial charge in [-0.25, -0.2) is 9.59 Å². The Kier molecular flexibility index (Phi) is 11.4. The highest BCUT2D eigenvalue weighted by atomic mass is 16.6. The first-order valence-electron chi connectivity index (χ1n) is 13.0. The van der Waals surface area contributed by atoms with Crippen LogP contribution in [0.15, 0.2) is 48.5 Å².